The molecule has 0 aromatic carbocycles. The summed E-state index contributed by atoms with van der Waals surface area (Å²) in [6.45, 7) is 2.19. The van der Waals surface area contributed by atoms with E-state index < -0.39 is 244 Å². The van der Waals surface area contributed by atoms with Gasteiger partial charge in [0.15, 0.2) is 0 Å². The molecule has 3 rings (SSSR count). The summed E-state index contributed by atoms with van der Waals surface area (Å²) < 4.78 is 0. The third-order valence-corrected chi connectivity index (χ3v) is 21.2. The monoisotopic (exact) mass is 2090 g/mol. The van der Waals surface area contributed by atoms with Gasteiger partial charge in [0.1, 0.15) is 42.0 Å². The second-order valence-electron chi connectivity index (χ2n) is 32.4. The van der Waals surface area contributed by atoms with Crippen LogP contribution in [0.5, 0.6) is 0 Å². The number of aliphatic hydroxyl groups excluding tert-OH is 6. The van der Waals surface area contributed by atoms with Crippen LogP contribution in [0.2, 0.25) is 0 Å². The van der Waals surface area contributed by atoms with E-state index in [0.29, 0.717) is 118 Å². The molecule has 21 amide bonds. The van der Waals surface area contributed by atoms with Gasteiger partial charge in [-0.25, -0.2) is 25.2 Å². The Bertz CT molecular complexity index is 4130. The number of amides is 21. The van der Waals surface area contributed by atoms with Crippen molar-refractivity contribution in [2.24, 2.45) is 40.8 Å². The van der Waals surface area contributed by atoms with Crippen LogP contribution in [0.4, 0.5) is 0 Å². The van der Waals surface area contributed by atoms with Gasteiger partial charge in [-0.2, -0.15) is 0 Å². The van der Waals surface area contributed by atoms with Gasteiger partial charge in [-0.3, -0.25) is 138 Å². The number of likely N-dealkylation sites (N-methyl/N-ethyl adjacent to an activating group) is 1. The number of primary amides is 3. The van der Waals surface area contributed by atoms with Crippen molar-refractivity contribution in [2.75, 3.05) is 99.0 Å². The highest BCUT2D eigenvalue weighted by atomic mass is 16.7. The van der Waals surface area contributed by atoms with Crippen molar-refractivity contribution in [1.82, 2.24) is 106 Å². The number of nitrogens with zero attached hydrogens (tertiary/aromatic N) is 3. The van der Waals surface area contributed by atoms with Crippen LogP contribution < -0.4 is 114 Å². The lowest BCUT2D eigenvalue weighted by Crippen LogP contribution is -2.55. The van der Waals surface area contributed by atoms with Gasteiger partial charge in [-0.15, -0.1) is 15.2 Å². The summed E-state index contributed by atoms with van der Waals surface area (Å²) in [5, 5.41) is 87.0. The third-order valence-electron chi connectivity index (χ3n) is 21.2. The average molecular weight is 2090 g/mol. The van der Waals surface area contributed by atoms with E-state index in [9.17, 15) is 151 Å². The number of allylic oxidation sites excluding steroid dienone is 1. The second-order valence-corrected chi connectivity index (χ2v) is 32.4. The molecule has 0 unspecified atom stereocenters. The molecule has 3 fully saturated rings. The molecule has 0 bridgehead atoms. The topological polar surface area (TPSA) is 894 Å². The van der Waals surface area contributed by atoms with Crippen LogP contribution in [0.1, 0.15) is 235 Å². The average Bonchev–Trinajstić information content (AvgIpc) is 1.74. The minimum Gasteiger partial charge on any atom is -0.394 e. The van der Waals surface area contributed by atoms with E-state index in [1.807, 2.05) is 44.4 Å². The molecule has 0 radical (unpaired) electrons. The molecule has 0 aliphatic carbocycles. The molecule has 3 aliphatic rings. The van der Waals surface area contributed by atoms with Gasteiger partial charge >= 0.3 is 17.9 Å². The zero-order valence-electron chi connectivity index (χ0n) is 81.8. The summed E-state index contributed by atoms with van der Waals surface area (Å²) >= 11 is 0. The molecule has 0 aromatic heterocycles. The van der Waals surface area contributed by atoms with Gasteiger partial charge in [0.2, 0.25) is 76.8 Å². The van der Waals surface area contributed by atoms with E-state index in [2.05, 4.69) is 94.8 Å². The highest BCUT2D eigenvalue weighted by Crippen LogP contribution is 2.19. The first-order chi connectivity index (χ1) is 68.5. The molecule has 0 aromatic rings. The van der Waals surface area contributed by atoms with E-state index in [1.165, 1.54) is 0 Å². The third kappa shape index (κ3) is 60.0. The molecule has 3 heterocycles. The second kappa shape index (κ2) is 81.2. The van der Waals surface area contributed by atoms with Crippen molar-refractivity contribution in [2.45, 2.75) is 277 Å². The largest absolute Gasteiger partial charge is 0.394 e. The number of rotatable bonds is 72. The summed E-state index contributed by atoms with van der Waals surface area (Å²) in [6, 6.07) is -8.44. The number of carbonyl (C=O) groups is 25. The SMILES string of the molecule is C.C.CC=CNN.CC[C@@H](CCCCNC(=O)[C@H](CO)NC(=O)CNC(=O)[C@H](CO)NCC(=O)CCCC(=O)NC(=O)[C@H](CO)NC(=O)CNC(=O)[C@H](CO)NNCCCC[C@H](CC)C(=O)NCCCC[C@H](NC)C(N)=O)C(N)=O.CC[C@@H](CCCCNN[C@@H](CO)C(=O)NCC(=O)N[C@@H](CO)C(=O)NC(=O)CCCC(=O)ON1C(=O)CCC1=O)C(N)=O.O=C(CCCC(=O)ON1C(=O)CCC1=O)ON1C(=O)CCC1=O. The molecule has 31 N–H and O–H groups in total. The number of unbranched alkanes of at least 4 members (excludes halogenated alkanes) is 4. The first-order valence-electron chi connectivity index (χ1n) is 47.2. The summed E-state index contributed by atoms with van der Waals surface area (Å²) in [5.41, 5.74) is 29.2. The number of imide groups is 5. The quantitative estimate of drug-likeness (QED) is 0.0116. The molecule has 58 nitrogen and oxygen atoms in total. The molecular weight excluding hydrogens is 1940 g/mol. The predicted octanol–water partition coefficient (Wildman–Crippen LogP) is -9.92. The molecule has 3 saturated heterocycles. The maximum Gasteiger partial charge on any atom is 0.333 e. The van der Waals surface area contributed by atoms with Gasteiger partial charge in [-0.05, 0) is 110 Å². The number of hydroxylamine groups is 6. The Hall–Kier alpha value is -13.0. The van der Waals surface area contributed by atoms with Crippen molar-refractivity contribution in [3.63, 3.8) is 0 Å². The van der Waals surface area contributed by atoms with Crippen LogP contribution in [-0.2, 0) is 134 Å². The van der Waals surface area contributed by atoms with Gasteiger partial charge in [0.25, 0.3) is 47.3 Å². The predicted molar refractivity (Wildman–Crippen MR) is 512 cm³/mol. The number of nitrogens with two attached hydrogens (primary N) is 4. The highest BCUT2D eigenvalue weighted by Gasteiger charge is 2.37. The first kappa shape index (κ1) is 137. The fourth-order valence-corrected chi connectivity index (χ4v) is 12.8. The number of Topliss-reactive ketones (excluding diaryl/α,β-unsaturated/α-hetero) is 1. The number of carbonyl (C=O) groups excluding carboxylic acids is 25. The number of ketones is 1. The Kier molecular flexibility index (Phi) is 76.2. The van der Waals surface area contributed by atoms with E-state index >= 15 is 0 Å². The zero-order valence-corrected chi connectivity index (χ0v) is 81.8. The molecule has 830 valence electrons. The number of nitrogens with one attached hydrogen (secondary N) is 17. The maximum absolute atomic E-state index is 12.6. The van der Waals surface area contributed by atoms with Crippen LogP contribution in [0.15, 0.2) is 12.3 Å². The normalized spacial score (nSPS) is 14.5. The Balaban J connectivity index is -0.00000233. The Morgan fingerprint density at radius 1 is 0.342 bits per heavy atom. The van der Waals surface area contributed by atoms with Gasteiger partial charge in [0, 0.05) is 127 Å². The molecular formula is C88H154N24O34. The lowest BCUT2D eigenvalue weighted by atomic mass is 9.98. The van der Waals surface area contributed by atoms with Gasteiger partial charge in [0.05, 0.1) is 71.9 Å². The number of hydrazine groups is 3. The van der Waals surface area contributed by atoms with Crippen LogP contribution in [0, 0.1) is 17.8 Å². The lowest BCUT2D eigenvalue weighted by molar-refractivity contribution is -0.199. The lowest BCUT2D eigenvalue weighted by Gasteiger charge is -2.19. The maximum atomic E-state index is 12.6. The van der Waals surface area contributed by atoms with Crippen molar-refractivity contribution in [1.29, 1.82) is 0 Å². The van der Waals surface area contributed by atoms with E-state index in [4.69, 9.17) is 23.0 Å². The van der Waals surface area contributed by atoms with Crippen LogP contribution in [-0.4, -0.2) is 335 Å². The van der Waals surface area contributed by atoms with Gasteiger partial charge in [-0.1, -0.05) is 61.0 Å². The molecule has 0 spiro atoms. The van der Waals surface area contributed by atoms with Crippen molar-refractivity contribution in [3.8, 4) is 0 Å². The Morgan fingerprint density at radius 3 is 0.952 bits per heavy atom. The van der Waals surface area contributed by atoms with Crippen molar-refractivity contribution >= 4 is 148 Å². The molecule has 146 heavy (non-hydrogen) atoms. The standard InChI is InChI=1S/C45H83N13O15.C25H41N7O11.C13H14N2O8.C3H8N2.2CH4/c1-4-28(39(46)67)13-6-9-19-50-43(71)33(25-60)55-37(65)22-52-42(70)32(24-59)51-21-30(63)15-12-17-36(64)57-45(73)34(26-61)56-38(66)23-53-44(72)35(27-62)58-54-20-11-7-14-29(5-2)41(69)49-18-10-8-16-31(48-3)40(47)68;1-2-15(23(26)40)6-3-4-11-28-31-17(14-34)24(41)27-12-19(36)29-16(13-33)25(42)30-18(35)7-5-8-22(39)43-32-20(37)9-10-21(32)38;16-8-4-5-9(17)14(8)22-12(20)2-1-3-13(21)23-15-10(18)6-7-11(15)19;1-2-3-5-4;;/h28-29,31-35,48,51,54,58-62H,4-27H2,1-3H3,(H2,46,67)(H2,47,68)(H,49,69)(H,50,71)(H,52,70)(H,53,72)(H,55,65)(H,56,66)(H,57,64,73);15-17,28,31,33-34H,2-14H2,1H3,(H2,26,40)(H,27,41)(H,29,36)(H,30,35,42);1-7H2;2-3,5H,4H2,1H3;2*1H4/t28-,29-,31-,32-,33-,34-,35-;15-,16-,17-;;;;/m00..../s1. The van der Waals surface area contributed by atoms with Crippen LogP contribution >= 0.6 is 0 Å². The van der Waals surface area contributed by atoms with E-state index in [0.717, 1.165) is 12.8 Å². The molecule has 3 aliphatic heterocycles. The zero-order chi connectivity index (χ0) is 109. The number of aliphatic hydroxyl groups is 6. The number of hydrogen-bond donors (Lipinski definition) is 27. The first-order valence-corrected chi connectivity index (χ1v) is 47.2. The fourth-order valence-electron chi connectivity index (χ4n) is 12.8. The van der Waals surface area contributed by atoms with E-state index in [1.54, 1.807) is 13.2 Å². The van der Waals surface area contributed by atoms with Crippen molar-refractivity contribution < 1.29 is 165 Å². The smallest absolute Gasteiger partial charge is 0.333 e. The summed E-state index contributed by atoms with van der Waals surface area (Å²) in [7, 11) is 1.66. The minimum atomic E-state index is -1.59. The summed E-state index contributed by atoms with van der Waals surface area (Å²) in [6.07, 6.45) is 11.2. The number of hydrogen-bond acceptors (Lipinski definition) is 42. The van der Waals surface area contributed by atoms with E-state index in [-0.39, 0.29) is 147 Å². The van der Waals surface area contributed by atoms with Crippen molar-refractivity contribution in [3.05, 3.63) is 12.3 Å². The van der Waals surface area contributed by atoms with Crippen LogP contribution in [0.3, 0.4) is 0 Å². The molecule has 58 heteroatoms. The minimum absolute atomic E-state index is 0. The summed E-state index contributed by atoms with van der Waals surface area (Å²) in [4.78, 5) is 311. The summed E-state index contributed by atoms with van der Waals surface area (Å²) in [5.74, 6) is -13.2. The highest BCUT2D eigenvalue weighted by molar-refractivity contribution is 6.04. The molecule has 10 atom stereocenters. The Morgan fingerprint density at radius 2 is 0.644 bits per heavy atom. The Labute approximate surface area is 845 Å². The van der Waals surface area contributed by atoms with Crippen LogP contribution in [0.25, 0.3) is 0 Å². The fraction of sp³-hybridized carbons (Fsp3) is 0.693. The molecule has 0 saturated carbocycles. The van der Waals surface area contributed by atoms with Gasteiger partial charge < -0.3 is 116 Å².